The van der Waals surface area contributed by atoms with Crippen molar-refractivity contribution >= 4 is 24.0 Å². The first-order valence-electron chi connectivity index (χ1n) is 8.59. The number of para-hydroxylation sites is 1. The van der Waals surface area contributed by atoms with Crippen molar-refractivity contribution < 1.29 is 4.79 Å². The van der Waals surface area contributed by atoms with E-state index in [1.165, 1.54) is 5.56 Å². The Morgan fingerprint density at radius 1 is 1.16 bits per heavy atom. The molecule has 0 radical (unpaired) electrons. The summed E-state index contributed by atoms with van der Waals surface area (Å²) in [6.07, 6.45) is 0.821. The third kappa shape index (κ3) is 5.56. The molecular formula is C20H26ClN3O. The summed E-state index contributed by atoms with van der Waals surface area (Å²) in [6.45, 7) is 5.41. The number of anilines is 1. The van der Waals surface area contributed by atoms with Gasteiger partial charge in [0.2, 0.25) is 5.91 Å². The molecule has 5 heteroatoms. The second-order valence-electron chi connectivity index (χ2n) is 6.39. The van der Waals surface area contributed by atoms with Crippen LogP contribution in [0.5, 0.6) is 0 Å². The standard InChI is InChI=1S/C20H25N3O.ClH/c1-16-14-21-11-12-23(16)15-20(24)22-19-10-6-5-9-18(19)13-17-7-3-2-4-8-17;/h2-10,16,21H,11-15H2,1H3,(H,22,24);1H/t16-;/m1./s1. The average molecular weight is 360 g/mol. The van der Waals surface area contributed by atoms with E-state index in [0.29, 0.717) is 12.6 Å². The van der Waals surface area contributed by atoms with Crippen molar-refractivity contribution in [3.05, 3.63) is 65.7 Å². The predicted molar refractivity (Wildman–Crippen MR) is 105 cm³/mol. The summed E-state index contributed by atoms with van der Waals surface area (Å²) in [7, 11) is 0. The first-order valence-corrected chi connectivity index (χ1v) is 8.59. The van der Waals surface area contributed by atoms with E-state index in [2.05, 4.69) is 40.7 Å². The highest BCUT2D eigenvalue weighted by Crippen LogP contribution is 2.19. The van der Waals surface area contributed by atoms with Crippen LogP contribution >= 0.6 is 12.4 Å². The minimum absolute atomic E-state index is 0. The summed E-state index contributed by atoms with van der Waals surface area (Å²) in [4.78, 5) is 14.7. The molecule has 1 amide bonds. The zero-order valence-corrected chi connectivity index (χ0v) is 15.4. The van der Waals surface area contributed by atoms with Gasteiger partial charge in [-0.05, 0) is 30.5 Å². The number of piperazine rings is 1. The van der Waals surface area contributed by atoms with Crippen molar-refractivity contribution in [1.82, 2.24) is 10.2 Å². The van der Waals surface area contributed by atoms with Crippen LogP contribution in [0.4, 0.5) is 5.69 Å². The van der Waals surface area contributed by atoms with Crippen LogP contribution < -0.4 is 10.6 Å². The molecule has 134 valence electrons. The summed E-state index contributed by atoms with van der Waals surface area (Å²) >= 11 is 0. The first-order chi connectivity index (χ1) is 11.7. The summed E-state index contributed by atoms with van der Waals surface area (Å²) in [5.74, 6) is 0.0595. The molecule has 1 heterocycles. The second-order valence-corrected chi connectivity index (χ2v) is 6.39. The zero-order valence-electron chi connectivity index (χ0n) is 14.6. The lowest BCUT2D eigenvalue weighted by molar-refractivity contribution is -0.118. The molecule has 0 aliphatic carbocycles. The molecule has 2 N–H and O–H groups in total. The molecule has 1 aliphatic rings. The largest absolute Gasteiger partial charge is 0.325 e. The van der Waals surface area contributed by atoms with Gasteiger partial charge < -0.3 is 10.6 Å². The monoisotopic (exact) mass is 359 g/mol. The van der Waals surface area contributed by atoms with Crippen LogP contribution in [-0.4, -0.2) is 43.0 Å². The Bertz CT molecular complexity index is 678. The molecule has 1 fully saturated rings. The topological polar surface area (TPSA) is 44.4 Å². The molecule has 0 bridgehead atoms. The molecule has 3 rings (SSSR count). The Morgan fingerprint density at radius 3 is 2.64 bits per heavy atom. The SMILES string of the molecule is C[C@@H]1CNCCN1CC(=O)Nc1ccccc1Cc1ccccc1.Cl. The van der Waals surface area contributed by atoms with Crippen molar-refractivity contribution in [2.45, 2.75) is 19.4 Å². The van der Waals surface area contributed by atoms with Gasteiger partial charge >= 0.3 is 0 Å². The maximum absolute atomic E-state index is 12.5. The fourth-order valence-corrected chi connectivity index (χ4v) is 3.10. The summed E-state index contributed by atoms with van der Waals surface area (Å²) < 4.78 is 0. The van der Waals surface area contributed by atoms with E-state index in [9.17, 15) is 4.79 Å². The number of nitrogens with zero attached hydrogens (tertiary/aromatic N) is 1. The van der Waals surface area contributed by atoms with Crippen LogP contribution in [0.3, 0.4) is 0 Å². The lowest BCUT2D eigenvalue weighted by Crippen LogP contribution is -2.52. The van der Waals surface area contributed by atoms with Gasteiger partial charge in [0.15, 0.2) is 0 Å². The number of hydrogen-bond donors (Lipinski definition) is 2. The van der Waals surface area contributed by atoms with Crippen molar-refractivity contribution in [1.29, 1.82) is 0 Å². The van der Waals surface area contributed by atoms with Crippen LogP contribution in [0.2, 0.25) is 0 Å². The van der Waals surface area contributed by atoms with Gasteiger partial charge in [-0.3, -0.25) is 9.69 Å². The van der Waals surface area contributed by atoms with Crippen molar-refractivity contribution in [3.63, 3.8) is 0 Å². The lowest BCUT2D eigenvalue weighted by atomic mass is 10.0. The maximum Gasteiger partial charge on any atom is 0.238 e. The Labute approximate surface area is 156 Å². The van der Waals surface area contributed by atoms with Crippen molar-refractivity contribution in [3.8, 4) is 0 Å². The van der Waals surface area contributed by atoms with Gasteiger partial charge in [0.05, 0.1) is 6.54 Å². The molecule has 1 atom stereocenters. The van der Waals surface area contributed by atoms with Gasteiger partial charge in [-0.2, -0.15) is 0 Å². The molecule has 0 spiro atoms. The predicted octanol–water partition coefficient (Wildman–Crippen LogP) is 2.93. The molecule has 1 aliphatic heterocycles. The van der Waals surface area contributed by atoms with Gasteiger partial charge in [0, 0.05) is 31.4 Å². The van der Waals surface area contributed by atoms with E-state index in [4.69, 9.17) is 0 Å². The molecule has 2 aromatic carbocycles. The van der Waals surface area contributed by atoms with E-state index in [1.54, 1.807) is 0 Å². The van der Waals surface area contributed by atoms with Gasteiger partial charge in [-0.25, -0.2) is 0 Å². The molecule has 0 saturated carbocycles. The van der Waals surface area contributed by atoms with Crippen LogP contribution in [0.15, 0.2) is 54.6 Å². The zero-order chi connectivity index (χ0) is 16.8. The molecule has 2 aromatic rings. The van der Waals surface area contributed by atoms with Gasteiger partial charge in [-0.15, -0.1) is 12.4 Å². The molecular weight excluding hydrogens is 334 g/mol. The summed E-state index contributed by atoms with van der Waals surface area (Å²) in [5.41, 5.74) is 3.30. The normalized spacial score (nSPS) is 17.6. The Balaban J connectivity index is 0.00000225. The highest BCUT2D eigenvalue weighted by Gasteiger charge is 2.20. The minimum Gasteiger partial charge on any atom is -0.325 e. The Hall–Kier alpha value is -1.88. The molecule has 25 heavy (non-hydrogen) atoms. The molecule has 1 saturated heterocycles. The Kier molecular flexibility index (Phi) is 7.44. The fourth-order valence-electron chi connectivity index (χ4n) is 3.10. The van der Waals surface area contributed by atoms with E-state index in [0.717, 1.165) is 37.3 Å². The Morgan fingerprint density at radius 2 is 1.88 bits per heavy atom. The number of carbonyl (C=O) groups excluding carboxylic acids is 1. The maximum atomic E-state index is 12.5. The second kappa shape index (κ2) is 9.56. The summed E-state index contributed by atoms with van der Waals surface area (Å²) in [5, 5.41) is 6.45. The first kappa shape index (κ1) is 19.4. The molecule has 4 nitrogen and oxygen atoms in total. The van der Waals surface area contributed by atoms with Gasteiger partial charge in [-0.1, -0.05) is 48.5 Å². The number of halogens is 1. The minimum atomic E-state index is 0. The number of carbonyl (C=O) groups is 1. The van der Waals surface area contributed by atoms with Crippen LogP contribution in [0, 0.1) is 0 Å². The van der Waals surface area contributed by atoms with Gasteiger partial charge in [0.25, 0.3) is 0 Å². The van der Waals surface area contributed by atoms with Crippen molar-refractivity contribution in [2.24, 2.45) is 0 Å². The van der Waals surface area contributed by atoms with Crippen molar-refractivity contribution in [2.75, 3.05) is 31.5 Å². The van der Waals surface area contributed by atoms with E-state index in [1.807, 2.05) is 36.4 Å². The van der Waals surface area contributed by atoms with Crippen LogP contribution in [0.1, 0.15) is 18.1 Å². The average Bonchev–Trinajstić information content (AvgIpc) is 2.60. The third-order valence-electron chi connectivity index (χ3n) is 4.51. The van der Waals surface area contributed by atoms with E-state index >= 15 is 0 Å². The number of hydrogen-bond acceptors (Lipinski definition) is 3. The number of nitrogens with one attached hydrogen (secondary N) is 2. The fraction of sp³-hybridized carbons (Fsp3) is 0.350. The number of rotatable bonds is 5. The highest BCUT2D eigenvalue weighted by atomic mass is 35.5. The lowest BCUT2D eigenvalue weighted by Gasteiger charge is -2.33. The third-order valence-corrected chi connectivity index (χ3v) is 4.51. The van der Waals surface area contributed by atoms with E-state index < -0.39 is 0 Å². The smallest absolute Gasteiger partial charge is 0.238 e. The summed E-state index contributed by atoms with van der Waals surface area (Å²) in [6, 6.07) is 18.8. The molecule has 0 unspecified atom stereocenters. The quantitative estimate of drug-likeness (QED) is 0.862. The number of amides is 1. The van der Waals surface area contributed by atoms with E-state index in [-0.39, 0.29) is 18.3 Å². The van der Waals surface area contributed by atoms with Gasteiger partial charge in [0.1, 0.15) is 0 Å². The van der Waals surface area contributed by atoms with Crippen LogP contribution in [0.25, 0.3) is 0 Å². The highest BCUT2D eigenvalue weighted by molar-refractivity contribution is 5.93. The number of benzene rings is 2. The van der Waals surface area contributed by atoms with Crippen LogP contribution in [-0.2, 0) is 11.2 Å². The molecule has 0 aromatic heterocycles.